The molecular weight excluding hydrogens is 218 g/mol. The van der Waals surface area contributed by atoms with Gasteiger partial charge in [-0.3, -0.25) is 4.79 Å². The van der Waals surface area contributed by atoms with E-state index >= 15 is 0 Å². The molecule has 1 amide bonds. The Morgan fingerprint density at radius 1 is 1.41 bits per heavy atom. The normalized spacial score (nSPS) is 11.9. The summed E-state index contributed by atoms with van der Waals surface area (Å²) < 4.78 is 5.49. The molecule has 4 heteroatoms. The lowest BCUT2D eigenvalue weighted by Crippen LogP contribution is -2.38. The van der Waals surface area contributed by atoms with Gasteiger partial charge in [-0.2, -0.15) is 0 Å². The average Bonchev–Trinajstić information content (AvgIpc) is 2.38. The SMILES string of the molecule is CCC(=O)NC(CO)CCOc1ccccc1. The highest BCUT2D eigenvalue weighted by Crippen LogP contribution is 2.08. The number of carbonyl (C=O) groups is 1. The molecule has 2 N–H and O–H groups in total. The number of para-hydroxylation sites is 1. The number of rotatable bonds is 7. The fraction of sp³-hybridized carbons (Fsp3) is 0.462. The Morgan fingerprint density at radius 2 is 2.12 bits per heavy atom. The van der Waals surface area contributed by atoms with Gasteiger partial charge in [0.05, 0.1) is 19.3 Å². The first-order valence-electron chi connectivity index (χ1n) is 5.84. The molecule has 0 spiro atoms. The molecule has 0 aromatic heterocycles. The summed E-state index contributed by atoms with van der Waals surface area (Å²) in [6.45, 7) is 2.19. The first kappa shape index (κ1) is 13.5. The summed E-state index contributed by atoms with van der Waals surface area (Å²) in [4.78, 5) is 11.2. The zero-order valence-electron chi connectivity index (χ0n) is 10.1. The van der Waals surface area contributed by atoms with Crippen LogP contribution < -0.4 is 10.1 Å². The molecular formula is C13H19NO3. The molecule has 0 fully saturated rings. The van der Waals surface area contributed by atoms with E-state index in [4.69, 9.17) is 9.84 Å². The lowest BCUT2D eigenvalue weighted by atomic mass is 10.2. The molecule has 1 unspecified atom stereocenters. The molecule has 1 aromatic rings. The minimum atomic E-state index is -0.230. The third-order valence-corrected chi connectivity index (χ3v) is 2.38. The van der Waals surface area contributed by atoms with Crippen LogP contribution in [0, 0.1) is 0 Å². The number of hydrogen-bond acceptors (Lipinski definition) is 3. The number of hydrogen-bond donors (Lipinski definition) is 2. The van der Waals surface area contributed by atoms with Crippen molar-refractivity contribution in [1.82, 2.24) is 5.32 Å². The van der Waals surface area contributed by atoms with E-state index in [0.29, 0.717) is 19.4 Å². The fourth-order valence-corrected chi connectivity index (χ4v) is 1.37. The maximum atomic E-state index is 11.2. The smallest absolute Gasteiger partial charge is 0.220 e. The summed E-state index contributed by atoms with van der Waals surface area (Å²) in [6, 6.07) is 9.24. The number of nitrogens with one attached hydrogen (secondary N) is 1. The Labute approximate surface area is 102 Å². The van der Waals surface area contributed by atoms with E-state index in [2.05, 4.69) is 5.32 Å². The van der Waals surface area contributed by atoms with E-state index in [1.165, 1.54) is 0 Å². The third kappa shape index (κ3) is 5.36. The Hall–Kier alpha value is -1.55. The highest BCUT2D eigenvalue weighted by molar-refractivity contribution is 5.75. The zero-order chi connectivity index (χ0) is 12.5. The molecule has 0 aliphatic carbocycles. The molecule has 94 valence electrons. The first-order valence-corrected chi connectivity index (χ1v) is 5.84. The topological polar surface area (TPSA) is 58.6 Å². The van der Waals surface area contributed by atoms with Crippen molar-refractivity contribution in [3.63, 3.8) is 0 Å². The second-order valence-electron chi connectivity index (χ2n) is 3.75. The van der Waals surface area contributed by atoms with Gasteiger partial charge in [-0.15, -0.1) is 0 Å². The van der Waals surface area contributed by atoms with Crippen LogP contribution in [0.25, 0.3) is 0 Å². The molecule has 1 atom stereocenters. The summed E-state index contributed by atoms with van der Waals surface area (Å²) in [6.07, 6.45) is 1.02. The maximum absolute atomic E-state index is 11.2. The van der Waals surface area contributed by atoms with Crippen LogP contribution in [0.2, 0.25) is 0 Å². The van der Waals surface area contributed by atoms with Crippen molar-refractivity contribution >= 4 is 5.91 Å². The van der Waals surface area contributed by atoms with Crippen molar-refractivity contribution in [3.05, 3.63) is 30.3 Å². The minimum Gasteiger partial charge on any atom is -0.494 e. The van der Waals surface area contributed by atoms with Crippen LogP contribution in [0.3, 0.4) is 0 Å². The summed E-state index contributed by atoms with van der Waals surface area (Å²) >= 11 is 0. The van der Waals surface area contributed by atoms with Gasteiger partial charge in [-0.05, 0) is 12.1 Å². The van der Waals surface area contributed by atoms with Crippen LogP contribution >= 0.6 is 0 Å². The predicted octanol–water partition coefficient (Wildman–Crippen LogP) is 1.34. The van der Waals surface area contributed by atoms with Gasteiger partial charge >= 0.3 is 0 Å². The lowest BCUT2D eigenvalue weighted by Gasteiger charge is -2.16. The average molecular weight is 237 g/mol. The van der Waals surface area contributed by atoms with Gasteiger partial charge in [0.2, 0.25) is 5.91 Å². The number of carbonyl (C=O) groups excluding carboxylic acids is 1. The highest BCUT2D eigenvalue weighted by Gasteiger charge is 2.09. The largest absolute Gasteiger partial charge is 0.494 e. The van der Waals surface area contributed by atoms with Gasteiger partial charge in [0, 0.05) is 12.8 Å². The van der Waals surface area contributed by atoms with Crippen LogP contribution in [-0.4, -0.2) is 30.3 Å². The lowest BCUT2D eigenvalue weighted by molar-refractivity contribution is -0.121. The second-order valence-corrected chi connectivity index (χ2v) is 3.75. The van der Waals surface area contributed by atoms with Crippen molar-refractivity contribution in [2.24, 2.45) is 0 Å². The summed E-state index contributed by atoms with van der Waals surface area (Å²) in [7, 11) is 0. The molecule has 4 nitrogen and oxygen atoms in total. The van der Waals surface area contributed by atoms with E-state index in [1.807, 2.05) is 30.3 Å². The van der Waals surface area contributed by atoms with Crippen molar-refractivity contribution in [2.45, 2.75) is 25.8 Å². The van der Waals surface area contributed by atoms with Gasteiger partial charge in [-0.1, -0.05) is 25.1 Å². The zero-order valence-corrected chi connectivity index (χ0v) is 10.1. The number of benzene rings is 1. The molecule has 17 heavy (non-hydrogen) atoms. The van der Waals surface area contributed by atoms with Gasteiger partial charge in [-0.25, -0.2) is 0 Å². The molecule has 0 radical (unpaired) electrons. The molecule has 1 aromatic carbocycles. The van der Waals surface area contributed by atoms with Crippen LogP contribution in [0.4, 0.5) is 0 Å². The third-order valence-electron chi connectivity index (χ3n) is 2.38. The summed E-state index contributed by atoms with van der Waals surface area (Å²) in [5.74, 6) is 0.745. The Balaban J connectivity index is 2.26. The molecule has 0 saturated carbocycles. The summed E-state index contributed by atoms with van der Waals surface area (Å²) in [5, 5.41) is 11.8. The molecule has 0 aliphatic heterocycles. The van der Waals surface area contributed by atoms with Crippen LogP contribution in [0.1, 0.15) is 19.8 Å². The van der Waals surface area contributed by atoms with E-state index in [-0.39, 0.29) is 18.6 Å². The number of ether oxygens (including phenoxy) is 1. The van der Waals surface area contributed by atoms with Gasteiger partial charge in [0.15, 0.2) is 0 Å². The van der Waals surface area contributed by atoms with Crippen molar-refractivity contribution in [2.75, 3.05) is 13.2 Å². The van der Waals surface area contributed by atoms with E-state index in [1.54, 1.807) is 6.92 Å². The van der Waals surface area contributed by atoms with Crippen LogP contribution in [0.5, 0.6) is 5.75 Å². The number of amides is 1. The molecule has 0 aliphatic rings. The Kier molecular flexibility index (Phi) is 6.10. The van der Waals surface area contributed by atoms with E-state index in [9.17, 15) is 4.79 Å². The minimum absolute atomic E-state index is 0.0521. The molecule has 0 heterocycles. The van der Waals surface area contributed by atoms with Crippen LogP contribution in [-0.2, 0) is 4.79 Å². The Bertz CT molecular complexity index is 327. The predicted molar refractivity (Wildman–Crippen MR) is 65.9 cm³/mol. The quantitative estimate of drug-likeness (QED) is 0.752. The fourth-order valence-electron chi connectivity index (χ4n) is 1.37. The van der Waals surface area contributed by atoms with Gasteiger partial charge in [0.1, 0.15) is 5.75 Å². The number of aliphatic hydroxyl groups excluding tert-OH is 1. The summed E-state index contributed by atoms with van der Waals surface area (Å²) in [5.41, 5.74) is 0. The number of aliphatic hydroxyl groups is 1. The monoisotopic (exact) mass is 237 g/mol. The second kappa shape index (κ2) is 7.68. The Morgan fingerprint density at radius 3 is 2.71 bits per heavy atom. The van der Waals surface area contributed by atoms with Gasteiger partial charge < -0.3 is 15.2 Å². The van der Waals surface area contributed by atoms with Crippen molar-refractivity contribution in [3.8, 4) is 5.75 Å². The van der Waals surface area contributed by atoms with Gasteiger partial charge in [0.25, 0.3) is 0 Å². The molecule has 0 saturated heterocycles. The molecule has 0 bridgehead atoms. The van der Waals surface area contributed by atoms with Crippen molar-refractivity contribution < 1.29 is 14.6 Å². The van der Waals surface area contributed by atoms with E-state index in [0.717, 1.165) is 5.75 Å². The standard InChI is InChI=1S/C13H19NO3/c1-2-13(16)14-11(10-15)8-9-17-12-6-4-3-5-7-12/h3-7,11,15H,2,8-10H2,1H3,(H,14,16). The highest BCUT2D eigenvalue weighted by atomic mass is 16.5. The maximum Gasteiger partial charge on any atom is 0.220 e. The van der Waals surface area contributed by atoms with Crippen molar-refractivity contribution in [1.29, 1.82) is 0 Å². The first-order chi connectivity index (χ1) is 8.26. The van der Waals surface area contributed by atoms with Crippen LogP contribution in [0.15, 0.2) is 30.3 Å². The molecule has 1 rings (SSSR count). The van der Waals surface area contributed by atoms with E-state index < -0.39 is 0 Å².